The van der Waals surface area contributed by atoms with Crippen LogP contribution in [0, 0.1) is 11.8 Å². The van der Waals surface area contributed by atoms with Crippen LogP contribution in [-0.4, -0.2) is 35.4 Å². The molecule has 0 bridgehead atoms. The average Bonchev–Trinajstić information content (AvgIpc) is 3.37. The van der Waals surface area contributed by atoms with Gasteiger partial charge in [0.15, 0.2) is 5.96 Å². The molecule has 3 rings (SSSR count). The maximum Gasteiger partial charge on any atom is 0.191 e. The maximum atomic E-state index is 5.99. The second-order valence-corrected chi connectivity index (χ2v) is 7.27. The van der Waals surface area contributed by atoms with Crippen LogP contribution < -0.4 is 15.4 Å². The van der Waals surface area contributed by atoms with Crippen molar-refractivity contribution >= 4 is 5.96 Å². The largest absolute Gasteiger partial charge is 0.493 e. The molecule has 1 unspecified atom stereocenters. The Morgan fingerprint density at radius 2 is 2.15 bits per heavy atom. The van der Waals surface area contributed by atoms with Crippen LogP contribution in [0.15, 0.2) is 47.7 Å². The summed E-state index contributed by atoms with van der Waals surface area (Å²) in [5.41, 5.74) is 1.12. The van der Waals surface area contributed by atoms with Crippen LogP contribution in [0.25, 0.3) is 0 Å². The van der Waals surface area contributed by atoms with Crippen LogP contribution in [0.3, 0.4) is 0 Å². The topological polar surface area (TPSA) is 63.5 Å². The van der Waals surface area contributed by atoms with Crippen LogP contribution in [0.4, 0.5) is 0 Å². The van der Waals surface area contributed by atoms with Gasteiger partial charge in [-0.25, -0.2) is 4.99 Å². The van der Waals surface area contributed by atoms with Crippen LogP contribution in [0.5, 0.6) is 5.75 Å². The molecule has 1 atom stereocenters. The second kappa shape index (κ2) is 10.00. The van der Waals surface area contributed by atoms with E-state index in [1.807, 2.05) is 41.3 Å². The molecule has 0 amide bonds. The molecule has 0 aliphatic heterocycles. The highest BCUT2D eigenvalue weighted by atomic mass is 16.5. The van der Waals surface area contributed by atoms with Gasteiger partial charge in [0.1, 0.15) is 5.75 Å². The molecule has 2 N–H and O–H groups in total. The number of nitrogens with one attached hydrogen (secondary N) is 2. The molecule has 1 fully saturated rings. The number of guanidine groups is 1. The van der Waals surface area contributed by atoms with E-state index in [0.29, 0.717) is 12.5 Å². The predicted molar refractivity (Wildman–Crippen MR) is 109 cm³/mol. The molecule has 6 nitrogen and oxygen atoms in total. The summed E-state index contributed by atoms with van der Waals surface area (Å²) in [6.07, 6.45) is 6.40. The third-order valence-corrected chi connectivity index (χ3v) is 4.57. The summed E-state index contributed by atoms with van der Waals surface area (Å²) in [5.74, 6) is 2.98. The van der Waals surface area contributed by atoms with Gasteiger partial charge >= 0.3 is 0 Å². The summed E-state index contributed by atoms with van der Waals surface area (Å²) in [5, 5.41) is 11.0. The number of hydrogen-bond acceptors (Lipinski definition) is 3. The van der Waals surface area contributed by atoms with Crippen molar-refractivity contribution in [3.63, 3.8) is 0 Å². The molecule has 6 heteroatoms. The minimum atomic E-state index is 0.447. The van der Waals surface area contributed by atoms with E-state index < -0.39 is 0 Å². The van der Waals surface area contributed by atoms with E-state index >= 15 is 0 Å². The summed E-state index contributed by atoms with van der Waals surface area (Å²) in [7, 11) is 0. The summed E-state index contributed by atoms with van der Waals surface area (Å²) in [6.45, 7) is 8.27. The maximum absolute atomic E-state index is 5.99. The van der Waals surface area contributed by atoms with Gasteiger partial charge in [0.25, 0.3) is 0 Å². The Morgan fingerprint density at radius 1 is 1.30 bits per heavy atom. The van der Waals surface area contributed by atoms with Gasteiger partial charge < -0.3 is 15.4 Å². The fourth-order valence-electron chi connectivity index (χ4n) is 2.84. The van der Waals surface area contributed by atoms with Gasteiger partial charge in [-0.3, -0.25) is 4.68 Å². The van der Waals surface area contributed by atoms with Gasteiger partial charge in [-0.1, -0.05) is 25.1 Å². The summed E-state index contributed by atoms with van der Waals surface area (Å²) < 4.78 is 7.95. The predicted octanol–water partition coefficient (Wildman–Crippen LogP) is 3.06. The molecule has 27 heavy (non-hydrogen) atoms. The molecule has 1 heterocycles. The number of aliphatic imine (C=N–C) groups is 1. The van der Waals surface area contributed by atoms with E-state index in [0.717, 1.165) is 49.4 Å². The van der Waals surface area contributed by atoms with E-state index in [-0.39, 0.29) is 0 Å². The van der Waals surface area contributed by atoms with E-state index in [2.05, 4.69) is 35.6 Å². The van der Waals surface area contributed by atoms with Crippen molar-refractivity contribution in [2.45, 2.75) is 39.8 Å². The first-order valence-corrected chi connectivity index (χ1v) is 9.95. The Balaban J connectivity index is 1.53. The molecular weight excluding hydrogens is 338 g/mol. The van der Waals surface area contributed by atoms with E-state index in [4.69, 9.17) is 9.73 Å². The van der Waals surface area contributed by atoms with Gasteiger partial charge in [-0.15, -0.1) is 0 Å². The Kier molecular flexibility index (Phi) is 7.13. The lowest BCUT2D eigenvalue weighted by molar-refractivity contribution is 0.297. The molecule has 146 valence electrons. The van der Waals surface area contributed by atoms with Crippen LogP contribution in [-0.2, 0) is 13.1 Å². The fraction of sp³-hybridized carbons (Fsp3) is 0.524. The number of ether oxygens (including phenoxy) is 1. The quantitative estimate of drug-likeness (QED) is 0.499. The van der Waals surface area contributed by atoms with Gasteiger partial charge in [-0.2, -0.15) is 5.10 Å². The highest BCUT2D eigenvalue weighted by Gasteiger charge is 2.22. The molecule has 0 saturated heterocycles. The number of rotatable bonds is 10. The van der Waals surface area contributed by atoms with Crippen LogP contribution in [0.1, 0.15) is 32.3 Å². The molecule has 2 aromatic rings. The molecule has 1 aromatic carbocycles. The molecule has 1 aliphatic rings. The zero-order valence-corrected chi connectivity index (χ0v) is 16.4. The minimum Gasteiger partial charge on any atom is -0.493 e. The molecule has 1 aliphatic carbocycles. The van der Waals surface area contributed by atoms with Gasteiger partial charge in [-0.05, 0) is 43.7 Å². The Labute approximate surface area is 162 Å². The number of aromatic nitrogens is 2. The third-order valence-electron chi connectivity index (χ3n) is 4.57. The van der Waals surface area contributed by atoms with Gasteiger partial charge in [0.05, 0.1) is 13.2 Å². The van der Waals surface area contributed by atoms with Crippen molar-refractivity contribution in [3.8, 4) is 5.75 Å². The van der Waals surface area contributed by atoms with Crippen LogP contribution in [0.2, 0.25) is 0 Å². The van der Waals surface area contributed by atoms with Crippen molar-refractivity contribution in [2.24, 2.45) is 16.8 Å². The van der Waals surface area contributed by atoms with Crippen LogP contribution >= 0.6 is 0 Å². The van der Waals surface area contributed by atoms with E-state index in [1.165, 1.54) is 12.8 Å². The zero-order chi connectivity index (χ0) is 18.9. The highest BCUT2D eigenvalue weighted by molar-refractivity contribution is 5.79. The molecule has 0 spiro atoms. The Hall–Kier alpha value is -2.50. The number of para-hydroxylation sites is 1. The fourth-order valence-corrected chi connectivity index (χ4v) is 2.84. The normalized spacial score (nSPS) is 15.4. The lowest BCUT2D eigenvalue weighted by Crippen LogP contribution is -2.40. The SMILES string of the molecule is CCNC(=NCc1ccccc1OCC1CC1)NCC(C)Cn1cccn1. The number of benzene rings is 1. The van der Waals surface area contributed by atoms with E-state index in [1.54, 1.807) is 0 Å². The molecule has 1 aromatic heterocycles. The molecule has 1 saturated carbocycles. The standard InChI is InChI=1S/C21H31N5O/c1-3-22-21(23-13-17(2)15-26-12-6-11-25-26)24-14-19-7-4-5-8-20(19)27-16-18-9-10-18/h4-8,11-12,17-18H,3,9-10,13-16H2,1-2H3,(H2,22,23,24). The average molecular weight is 370 g/mol. The van der Waals surface area contributed by atoms with Gasteiger partial charge in [0, 0.05) is 37.6 Å². The smallest absolute Gasteiger partial charge is 0.191 e. The lowest BCUT2D eigenvalue weighted by atomic mass is 10.2. The number of nitrogens with zero attached hydrogens (tertiary/aromatic N) is 3. The minimum absolute atomic E-state index is 0.447. The van der Waals surface area contributed by atoms with Crippen molar-refractivity contribution in [1.29, 1.82) is 0 Å². The van der Waals surface area contributed by atoms with Crippen molar-refractivity contribution in [3.05, 3.63) is 48.3 Å². The summed E-state index contributed by atoms with van der Waals surface area (Å²) in [4.78, 5) is 4.75. The monoisotopic (exact) mass is 369 g/mol. The lowest BCUT2D eigenvalue weighted by Gasteiger charge is -2.16. The Morgan fingerprint density at radius 3 is 2.89 bits per heavy atom. The molecular formula is C21H31N5O. The first-order valence-electron chi connectivity index (χ1n) is 9.95. The first kappa shape index (κ1) is 19.3. The first-order chi connectivity index (χ1) is 13.2. The third kappa shape index (κ3) is 6.62. The van der Waals surface area contributed by atoms with Crippen molar-refractivity contribution < 1.29 is 4.74 Å². The summed E-state index contributed by atoms with van der Waals surface area (Å²) in [6, 6.07) is 10.2. The second-order valence-electron chi connectivity index (χ2n) is 7.27. The highest BCUT2D eigenvalue weighted by Crippen LogP contribution is 2.30. The molecule has 0 radical (unpaired) electrons. The van der Waals surface area contributed by atoms with Crippen molar-refractivity contribution in [1.82, 2.24) is 20.4 Å². The Bertz CT molecular complexity index is 709. The summed E-state index contributed by atoms with van der Waals surface area (Å²) >= 11 is 0. The van der Waals surface area contributed by atoms with E-state index in [9.17, 15) is 0 Å². The van der Waals surface area contributed by atoms with Crippen molar-refractivity contribution in [2.75, 3.05) is 19.7 Å². The zero-order valence-electron chi connectivity index (χ0n) is 16.4. The number of hydrogen-bond donors (Lipinski definition) is 2. The van der Waals surface area contributed by atoms with Gasteiger partial charge in [0.2, 0.25) is 0 Å².